The Morgan fingerprint density at radius 3 is 2.63 bits per heavy atom. The average molecular weight is 375 g/mol. The molecule has 0 bridgehead atoms. The van der Waals surface area contributed by atoms with Gasteiger partial charge in [0.1, 0.15) is 5.82 Å². The number of guanidine groups is 1. The second-order valence-corrected chi connectivity index (χ2v) is 7.69. The van der Waals surface area contributed by atoms with Gasteiger partial charge in [0, 0.05) is 31.0 Å². The fraction of sp³-hybridized carbons (Fsp3) is 0.619. The Morgan fingerprint density at radius 1 is 1.22 bits per heavy atom. The van der Waals surface area contributed by atoms with Crippen LogP contribution in [-0.2, 0) is 10.2 Å². The van der Waals surface area contributed by atoms with Gasteiger partial charge >= 0.3 is 0 Å². The van der Waals surface area contributed by atoms with Crippen molar-refractivity contribution in [3.8, 4) is 0 Å². The maximum Gasteiger partial charge on any atom is 0.223 e. The van der Waals surface area contributed by atoms with Crippen molar-refractivity contribution in [1.82, 2.24) is 16.0 Å². The molecule has 2 fully saturated rings. The van der Waals surface area contributed by atoms with Crippen LogP contribution < -0.4 is 16.0 Å². The van der Waals surface area contributed by atoms with E-state index in [1.165, 1.54) is 12.5 Å². The number of amides is 1. The number of carbonyl (C=O) groups excluding carboxylic acids is 1. The lowest BCUT2D eigenvalue weighted by atomic mass is 9.85. The van der Waals surface area contributed by atoms with Crippen molar-refractivity contribution in [3.05, 3.63) is 35.6 Å². The van der Waals surface area contributed by atoms with E-state index in [-0.39, 0.29) is 23.1 Å². The van der Waals surface area contributed by atoms with Gasteiger partial charge in [-0.1, -0.05) is 18.6 Å². The largest absolute Gasteiger partial charge is 0.357 e. The molecule has 2 saturated carbocycles. The van der Waals surface area contributed by atoms with Gasteiger partial charge in [-0.15, -0.1) is 0 Å². The molecule has 3 N–H and O–H groups in total. The molecule has 2 aliphatic carbocycles. The van der Waals surface area contributed by atoms with E-state index >= 15 is 0 Å². The molecule has 27 heavy (non-hydrogen) atoms. The quantitative estimate of drug-likeness (QED) is 0.354. The van der Waals surface area contributed by atoms with Crippen LogP contribution in [0.3, 0.4) is 0 Å². The molecule has 0 saturated heterocycles. The first-order valence-electron chi connectivity index (χ1n) is 10.2. The first kappa shape index (κ1) is 19.6. The summed E-state index contributed by atoms with van der Waals surface area (Å²) < 4.78 is 13.5. The maximum atomic E-state index is 13.5. The standard InChI is InChI=1S/C21H31FN4O/c1-2-23-20(25-13-5-12-24-19(27)16-6-3-7-16)26-15-21(10-11-21)17-8-4-9-18(22)14-17/h4,8-9,14,16H,2-3,5-7,10-13,15H2,1H3,(H,24,27)(H2,23,25,26). The third-order valence-electron chi connectivity index (χ3n) is 5.60. The summed E-state index contributed by atoms with van der Waals surface area (Å²) >= 11 is 0. The van der Waals surface area contributed by atoms with Gasteiger partial charge in [0.15, 0.2) is 5.96 Å². The molecule has 0 heterocycles. The van der Waals surface area contributed by atoms with E-state index in [2.05, 4.69) is 16.0 Å². The summed E-state index contributed by atoms with van der Waals surface area (Å²) in [7, 11) is 0. The highest BCUT2D eigenvalue weighted by molar-refractivity contribution is 5.80. The summed E-state index contributed by atoms with van der Waals surface area (Å²) in [5, 5.41) is 9.60. The fourth-order valence-electron chi connectivity index (χ4n) is 3.40. The number of halogens is 1. The van der Waals surface area contributed by atoms with E-state index in [9.17, 15) is 9.18 Å². The molecule has 6 heteroatoms. The Kier molecular flexibility index (Phi) is 6.69. The molecule has 148 valence electrons. The van der Waals surface area contributed by atoms with E-state index in [1.54, 1.807) is 12.1 Å². The number of hydrogen-bond donors (Lipinski definition) is 3. The molecule has 0 radical (unpaired) electrons. The maximum absolute atomic E-state index is 13.5. The molecule has 3 rings (SSSR count). The number of nitrogens with zero attached hydrogens (tertiary/aromatic N) is 1. The number of rotatable bonds is 9. The van der Waals surface area contributed by atoms with Crippen LogP contribution in [0.1, 0.15) is 51.0 Å². The lowest BCUT2D eigenvalue weighted by Gasteiger charge is -2.24. The third-order valence-corrected chi connectivity index (χ3v) is 5.60. The summed E-state index contributed by atoms with van der Waals surface area (Å²) in [5.41, 5.74) is 1.03. The van der Waals surface area contributed by atoms with Crippen LogP contribution in [0.4, 0.5) is 4.39 Å². The van der Waals surface area contributed by atoms with Gasteiger partial charge in [0.2, 0.25) is 5.91 Å². The predicted molar refractivity (Wildman–Crippen MR) is 106 cm³/mol. The van der Waals surface area contributed by atoms with E-state index in [0.717, 1.165) is 56.7 Å². The van der Waals surface area contributed by atoms with Crippen LogP contribution in [0.15, 0.2) is 29.3 Å². The topological polar surface area (TPSA) is 65.5 Å². The highest BCUT2D eigenvalue weighted by Gasteiger charge is 2.44. The Hall–Kier alpha value is -2.11. The number of nitrogens with one attached hydrogen (secondary N) is 3. The summed E-state index contributed by atoms with van der Waals surface area (Å²) in [6.07, 6.45) is 6.21. The van der Waals surface area contributed by atoms with Gasteiger partial charge < -0.3 is 16.0 Å². The average Bonchev–Trinajstić information content (AvgIpc) is 3.39. The van der Waals surface area contributed by atoms with Crippen LogP contribution in [0, 0.1) is 11.7 Å². The molecule has 0 atom stereocenters. The number of aliphatic imine (C=N–C) groups is 1. The SMILES string of the molecule is CCNC(=NCC1(c2cccc(F)c2)CC1)NCCCNC(=O)C1CCC1. The summed E-state index contributed by atoms with van der Waals surface area (Å²) in [5.74, 6) is 1.05. The van der Waals surface area contributed by atoms with Gasteiger partial charge in [-0.2, -0.15) is 0 Å². The molecule has 0 aliphatic heterocycles. The van der Waals surface area contributed by atoms with Crippen molar-refractivity contribution in [2.75, 3.05) is 26.2 Å². The smallest absolute Gasteiger partial charge is 0.223 e. The van der Waals surface area contributed by atoms with Crippen LogP contribution in [0.5, 0.6) is 0 Å². The first-order valence-corrected chi connectivity index (χ1v) is 10.2. The summed E-state index contributed by atoms with van der Waals surface area (Å²) in [6.45, 7) is 4.93. The lowest BCUT2D eigenvalue weighted by Crippen LogP contribution is -2.40. The van der Waals surface area contributed by atoms with Crippen LogP contribution >= 0.6 is 0 Å². The zero-order valence-corrected chi connectivity index (χ0v) is 16.2. The molecule has 0 spiro atoms. The molecular weight excluding hydrogens is 343 g/mol. The molecule has 0 aromatic heterocycles. The minimum Gasteiger partial charge on any atom is -0.357 e. The first-order chi connectivity index (χ1) is 13.1. The summed E-state index contributed by atoms with van der Waals surface area (Å²) in [6, 6.07) is 6.89. The third kappa shape index (κ3) is 5.44. The van der Waals surface area contributed by atoms with Crippen molar-refractivity contribution in [1.29, 1.82) is 0 Å². The van der Waals surface area contributed by atoms with Crippen LogP contribution in [0.25, 0.3) is 0 Å². The number of carbonyl (C=O) groups is 1. The highest BCUT2D eigenvalue weighted by atomic mass is 19.1. The van der Waals surface area contributed by atoms with Crippen LogP contribution in [0.2, 0.25) is 0 Å². The Balaban J connectivity index is 1.43. The minimum absolute atomic E-state index is 0.0127. The van der Waals surface area contributed by atoms with E-state index in [0.29, 0.717) is 13.1 Å². The molecule has 1 amide bonds. The van der Waals surface area contributed by atoms with Crippen LogP contribution in [-0.4, -0.2) is 38.0 Å². The van der Waals surface area contributed by atoms with Crippen molar-refractivity contribution >= 4 is 11.9 Å². The molecule has 0 unspecified atom stereocenters. The second kappa shape index (κ2) is 9.20. The minimum atomic E-state index is -0.184. The summed E-state index contributed by atoms with van der Waals surface area (Å²) in [4.78, 5) is 16.5. The molecular formula is C21H31FN4O. The van der Waals surface area contributed by atoms with E-state index < -0.39 is 0 Å². The lowest BCUT2D eigenvalue weighted by molar-refractivity contribution is -0.127. The van der Waals surface area contributed by atoms with Gasteiger partial charge in [0.05, 0.1) is 6.54 Å². The zero-order chi connectivity index (χ0) is 19.1. The van der Waals surface area contributed by atoms with Gasteiger partial charge in [-0.25, -0.2) is 4.39 Å². The molecule has 2 aliphatic rings. The number of hydrogen-bond acceptors (Lipinski definition) is 2. The number of benzene rings is 1. The van der Waals surface area contributed by atoms with Crippen molar-refractivity contribution < 1.29 is 9.18 Å². The normalized spacial score (nSPS) is 18.5. The van der Waals surface area contributed by atoms with Crippen molar-refractivity contribution in [2.24, 2.45) is 10.9 Å². The monoisotopic (exact) mass is 374 g/mol. The highest BCUT2D eigenvalue weighted by Crippen LogP contribution is 2.48. The molecule has 1 aromatic rings. The van der Waals surface area contributed by atoms with Gasteiger partial charge in [0.25, 0.3) is 0 Å². The Bertz CT molecular complexity index is 668. The second-order valence-electron chi connectivity index (χ2n) is 7.69. The van der Waals surface area contributed by atoms with E-state index in [4.69, 9.17) is 4.99 Å². The zero-order valence-electron chi connectivity index (χ0n) is 16.2. The Labute approximate surface area is 161 Å². The van der Waals surface area contributed by atoms with Crippen molar-refractivity contribution in [3.63, 3.8) is 0 Å². The Morgan fingerprint density at radius 2 is 2.00 bits per heavy atom. The molecule has 5 nitrogen and oxygen atoms in total. The van der Waals surface area contributed by atoms with Gasteiger partial charge in [-0.3, -0.25) is 9.79 Å². The van der Waals surface area contributed by atoms with Crippen molar-refractivity contribution in [2.45, 2.75) is 50.9 Å². The predicted octanol–water partition coefficient (Wildman–Crippen LogP) is 2.72. The van der Waals surface area contributed by atoms with Gasteiger partial charge in [-0.05, 0) is 56.7 Å². The fourth-order valence-corrected chi connectivity index (χ4v) is 3.40. The van der Waals surface area contributed by atoms with E-state index in [1.807, 2.05) is 13.0 Å². The molecule has 1 aromatic carbocycles.